The Kier molecular flexibility index (Phi) is 7.25. The van der Waals surface area contributed by atoms with Crippen molar-refractivity contribution in [2.45, 2.75) is 25.5 Å². The SMILES string of the molecule is C=O.O=C(O)CC[C@H]1C(=O)OCN1C(=O)OCc1ccccc1. The van der Waals surface area contributed by atoms with Crippen molar-refractivity contribution in [3.63, 3.8) is 0 Å². The molecule has 23 heavy (non-hydrogen) atoms. The predicted octanol–water partition coefficient (Wildman–Crippen LogP) is 1.19. The molecule has 2 rings (SSSR count). The number of rotatable bonds is 5. The van der Waals surface area contributed by atoms with Gasteiger partial charge in [-0.2, -0.15) is 0 Å². The Bertz CT molecular complexity index is 546. The van der Waals surface area contributed by atoms with Gasteiger partial charge in [0.15, 0.2) is 6.73 Å². The highest BCUT2D eigenvalue weighted by Crippen LogP contribution is 2.18. The molecule has 1 atom stereocenters. The van der Waals surface area contributed by atoms with Crippen LogP contribution in [-0.2, 0) is 30.5 Å². The molecule has 1 aromatic carbocycles. The Morgan fingerprint density at radius 3 is 2.57 bits per heavy atom. The Labute approximate surface area is 132 Å². The topological polar surface area (TPSA) is 110 Å². The molecule has 0 spiro atoms. The van der Waals surface area contributed by atoms with Crippen molar-refractivity contribution in [2.24, 2.45) is 0 Å². The Balaban J connectivity index is 0.00000127. The Hall–Kier alpha value is -2.90. The van der Waals surface area contributed by atoms with Crippen LogP contribution in [0.1, 0.15) is 18.4 Å². The largest absolute Gasteiger partial charge is 0.481 e. The lowest BCUT2D eigenvalue weighted by Gasteiger charge is -2.19. The number of benzene rings is 1. The van der Waals surface area contributed by atoms with Crippen molar-refractivity contribution in [3.8, 4) is 0 Å². The molecule has 0 aliphatic carbocycles. The number of esters is 1. The van der Waals surface area contributed by atoms with Crippen LogP contribution in [0.2, 0.25) is 0 Å². The third-order valence-corrected chi connectivity index (χ3v) is 3.07. The van der Waals surface area contributed by atoms with Gasteiger partial charge in [0.2, 0.25) is 0 Å². The first-order chi connectivity index (χ1) is 11.1. The summed E-state index contributed by atoms with van der Waals surface area (Å²) in [6.45, 7) is 1.87. The fraction of sp³-hybridized carbons (Fsp3) is 0.333. The van der Waals surface area contributed by atoms with Crippen molar-refractivity contribution in [2.75, 3.05) is 6.73 Å². The maximum atomic E-state index is 11.9. The monoisotopic (exact) mass is 323 g/mol. The number of nitrogens with zero attached hydrogens (tertiary/aromatic N) is 1. The van der Waals surface area contributed by atoms with Crippen LogP contribution < -0.4 is 0 Å². The van der Waals surface area contributed by atoms with Gasteiger partial charge >= 0.3 is 18.0 Å². The van der Waals surface area contributed by atoms with E-state index >= 15 is 0 Å². The van der Waals surface area contributed by atoms with Crippen LogP contribution in [0.4, 0.5) is 4.79 Å². The van der Waals surface area contributed by atoms with E-state index in [2.05, 4.69) is 0 Å². The molecule has 1 aliphatic rings. The fourth-order valence-electron chi connectivity index (χ4n) is 1.96. The number of carboxylic acid groups (broad SMARTS) is 1. The van der Waals surface area contributed by atoms with Gasteiger partial charge in [-0.3, -0.25) is 9.69 Å². The van der Waals surface area contributed by atoms with Crippen LogP contribution in [0.3, 0.4) is 0 Å². The summed E-state index contributed by atoms with van der Waals surface area (Å²) in [5, 5.41) is 8.65. The average molecular weight is 323 g/mol. The molecular formula is C15H17NO7. The number of hydrogen-bond donors (Lipinski definition) is 1. The first kappa shape index (κ1) is 18.1. The number of ether oxygens (including phenoxy) is 2. The molecule has 0 unspecified atom stereocenters. The second kappa shape index (κ2) is 9.19. The van der Waals surface area contributed by atoms with Crippen molar-refractivity contribution in [1.29, 1.82) is 0 Å². The quantitative estimate of drug-likeness (QED) is 0.810. The minimum absolute atomic E-state index is 0.00854. The highest BCUT2D eigenvalue weighted by Gasteiger charge is 2.38. The van der Waals surface area contributed by atoms with E-state index in [0.717, 1.165) is 10.5 Å². The summed E-state index contributed by atoms with van der Waals surface area (Å²) >= 11 is 0. The summed E-state index contributed by atoms with van der Waals surface area (Å²) < 4.78 is 9.88. The highest BCUT2D eigenvalue weighted by atomic mass is 16.6. The van der Waals surface area contributed by atoms with E-state index in [9.17, 15) is 14.4 Å². The summed E-state index contributed by atoms with van der Waals surface area (Å²) in [5.41, 5.74) is 0.819. The number of cyclic esters (lactones) is 1. The van der Waals surface area contributed by atoms with Crippen LogP contribution >= 0.6 is 0 Å². The van der Waals surface area contributed by atoms with Gasteiger partial charge in [0.25, 0.3) is 0 Å². The van der Waals surface area contributed by atoms with Gasteiger partial charge in [-0.15, -0.1) is 0 Å². The van der Waals surface area contributed by atoms with E-state index in [1.807, 2.05) is 25.0 Å². The predicted molar refractivity (Wildman–Crippen MR) is 77.2 cm³/mol. The second-order valence-corrected chi connectivity index (χ2v) is 4.55. The minimum Gasteiger partial charge on any atom is -0.481 e. The number of aliphatic carboxylic acids is 1. The number of hydrogen-bond acceptors (Lipinski definition) is 6. The summed E-state index contributed by atoms with van der Waals surface area (Å²) in [7, 11) is 0. The third-order valence-electron chi connectivity index (χ3n) is 3.07. The first-order valence-corrected chi connectivity index (χ1v) is 6.72. The van der Waals surface area contributed by atoms with Crippen LogP contribution in [0.25, 0.3) is 0 Å². The van der Waals surface area contributed by atoms with E-state index in [4.69, 9.17) is 19.4 Å². The standard InChI is InChI=1S/C14H15NO6.CH2O/c16-12(17)7-6-11-13(18)21-9-15(11)14(19)20-8-10-4-2-1-3-5-10;1-2/h1-5,11H,6-9H2,(H,16,17);1H2/t11-;/m0./s1. The molecule has 1 aromatic rings. The number of carboxylic acids is 1. The third kappa shape index (κ3) is 5.42. The number of carbonyl (C=O) groups excluding carboxylic acids is 3. The van der Waals surface area contributed by atoms with Crippen LogP contribution in [0.15, 0.2) is 30.3 Å². The van der Waals surface area contributed by atoms with E-state index in [1.165, 1.54) is 0 Å². The van der Waals surface area contributed by atoms with Crippen molar-refractivity contribution < 1.29 is 33.8 Å². The molecule has 8 nitrogen and oxygen atoms in total. The Morgan fingerprint density at radius 2 is 1.96 bits per heavy atom. The molecule has 0 saturated carbocycles. The molecule has 124 valence electrons. The minimum atomic E-state index is -1.03. The summed E-state index contributed by atoms with van der Waals surface area (Å²) in [6.07, 6.45) is -0.906. The smallest absolute Gasteiger partial charge is 0.413 e. The van der Waals surface area contributed by atoms with E-state index in [1.54, 1.807) is 12.1 Å². The van der Waals surface area contributed by atoms with Gasteiger partial charge in [-0.25, -0.2) is 9.59 Å². The van der Waals surface area contributed by atoms with Crippen molar-refractivity contribution in [3.05, 3.63) is 35.9 Å². The summed E-state index contributed by atoms with van der Waals surface area (Å²) in [5.74, 6) is -1.64. The zero-order chi connectivity index (χ0) is 17.2. The molecule has 0 bridgehead atoms. The molecule has 0 aromatic heterocycles. The van der Waals surface area contributed by atoms with E-state index < -0.39 is 24.1 Å². The zero-order valence-corrected chi connectivity index (χ0v) is 12.3. The lowest BCUT2D eigenvalue weighted by molar-refractivity contribution is -0.140. The lowest BCUT2D eigenvalue weighted by atomic mass is 10.1. The lowest BCUT2D eigenvalue weighted by Crippen LogP contribution is -2.38. The normalized spacial score (nSPS) is 16.1. The molecule has 1 heterocycles. The Morgan fingerprint density at radius 1 is 1.30 bits per heavy atom. The molecule has 1 saturated heterocycles. The zero-order valence-electron chi connectivity index (χ0n) is 12.3. The summed E-state index contributed by atoms with van der Waals surface area (Å²) in [4.78, 5) is 43.1. The van der Waals surface area contributed by atoms with Crippen molar-refractivity contribution >= 4 is 24.8 Å². The molecule has 8 heteroatoms. The second-order valence-electron chi connectivity index (χ2n) is 4.55. The van der Waals surface area contributed by atoms with Gasteiger partial charge in [0, 0.05) is 6.42 Å². The van der Waals surface area contributed by atoms with Crippen LogP contribution in [0.5, 0.6) is 0 Å². The molecular weight excluding hydrogens is 306 g/mol. The van der Waals surface area contributed by atoms with Crippen molar-refractivity contribution in [1.82, 2.24) is 4.90 Å². The van der Waals surface area contributed by atoms with Crippen LogP contribution in [-0.4, -0.2) is 47.6 Å². The maximum Gasteiger partial charge on any atom is 0.413 e. The van der Waals surface area contributed by atoms with Gasteiger partial charge in [-0.05, 0) is 12.0 Å². The highest BCUT2D eigenvalue weighted by molar-refractivity contribution is 5.84. The molecule has 1 aliphatic heterocycles. The number of carbonyl (C=O) groups is 4. The molecule has 1 amide bonds. The van der Waals surface area contributed by atoms with Gasteiger partial charge in [0.1, 0.15) is 19.4 Å². The number of amides is 1. The van der Waals surface area contributed by atoms with Gasteiger partial charge < -0.3 is 19.4 Å². The van der Waals surface area contributed by atoms with Gasteiger partial charge in [-0.1, -0.05) is 30.3 Å². The molecule has 1 N–H and O–H groups in total. The molecule has 1 fully saturated rings. The molecule has 0 radical (unpaired) electrons. The maximum absolute atomic E-state index is 11.9. The first-order valence-electron chi connectivity index (χ1n) is 6.72. The van der Waals surface area contributed by atoms with E-state index in [-0.39, 0.29) is 26.2 Å². The van der Waals surface area contributed by atoms with Crippen LogP contribution in [0, 0.1) is 0 Å². The van der Waals surface area contributed by atoms with Gasteiger partial charge in [0.05, 0.1) is 0 Å². The summed E-state index contributed by atoms with van der Waals surface area (Å²) in [6, 6.07) is 8.20. The average Bonchev–Trinajstić information content (AvgIpc) is 2.94. The van der Waals surface area contributed by atoms with E-state index in [0.29, 0.717) is 0 Å². The fourth-order valence-corrected chi connectivity index (χ4v) is 1.96.